The molecule has 1 unspecified atom stereocenters. The molecule has 1 heterocycles. The van der Waals surface area contributed by atoms with E-state index in [4.69, 9.17) is 12.2 Å². The second kappa shape index (κ2) is 5.29. The van der Waals surface area contributed by atoms with Crippen LogP contribution in [0.2, 0.25) is 0 Å². The van der Waals surface area contributed by atoms with Gasteiger partial charge in [-0.15, -0.1) is 0 Å². The van der Waals surface area contributed by atoms with Gasteiger partial charge in [-0.2, -0.15) is 0 Å². The van der Waals surface area contributed by atoms with Gasteiger partial charge in [0, 0.05) is 6.42 Å². The minimum Gasteiger partial charge on any atom is -0.286 e. The quantitative estimate of drug-likeness (QED) is 0.838. The van der Waals surface area contributed by atoms with Crippen molar-refractivity contribution in [1.29, 1.82) is 0 Å². The average Bonchev–Trinajstić information content (AvgIpc) is 2.83. The van der Waals surface area contributed by atoms with E-state index in [2.05, 4.69) is 40.3 Å². The third kappa shape index (κ3) is 2.78. The molecule has 0 fully saturated rings. The summed E-state index contributed by atoms with van der Waals surface area (Å²) in [7, 11) is 0. The van der Waals surface area contributed by atoms with Crippen LogP contribution in [0.15, 0.2) is 18.2 Å². The molecule has 2 N–H and O–H groups in total. The summed E-state index contributed by atoms with van der Waals surface area (Å²) < 4.78 is 0.535. The molecule has 0 amide bonds. The summed E-state index contributed by atoms with van der Waals surface area (Å²) >= 11 is 4.98. The normalized spacial score (nSPS) is 16.1. The smallest absolute Gasteiger partial charge is 0.213 e. The third-order valence-corrected chi connectivity index (χ3v) is 4.18. The number of nitrogens with zero attached hydrogens (tertiary/aromatic N) is 1. The average molecular weight is 273 g/mol. The van der Waals surface area contributed by atoms with Gasteiger partial charge in [-0.1, -0.05) is 25.1 Å². The van der Waals surface area contributed by atoms with Gasteiger partial charge in [-0.25, -0.2) is 4.98 Å². The molecule has 1 aromatic carbocycles. The summed E-state index contributed by atoms with van der Waals surface area (Å²) in [5.74, 6) is 1.40. The van der Waals surface area contributed by atoms with Crippen LogP contribution in [0.5, 0.6) is 0 Å². The summed E-state index contributed by atoms with van der Waals surface area (Å²) in [5.41, 5.74) is 4.50. The van der Waals surface area contributed by atoms with Gasteiger partial charge in [0.1, 0.15) is 5.82 Å². The van der Waals surface area contributed by atoms with E-state index in [0.29, 0.717) is 10.7 Å². The first kappa shape index (κ1) is 12.6. The summed E-state index contributed by atoms with van der Waals surface area (Å²) in [6, 6.07) is 6.98. The van der Waals surface area contributed by atoms with Crippen molar-refractivity contribution in [3.63, 3.8) is 0 Å². The number of fused-ring (bicyclic) bond motifs is 1. The molecule has 1 aromatic heterocycles. The van der Waals surface area contributed by atoms with E-state index in [0.717, 1.165) is 12.2 Å². The molecule has 2 aromatic rings. The fourth-order valence-corrected chi connectivity index (χ4v) is 3.03. The van der Waals surface area contributed by atoms with Crippen molar-refractivity contribution < 1.29 is 0 Å². The Morgan fingerprint density at radius 2 is 2.00 bits per heavy atom. The van der Waals surface area contributed by atoms with Crippen LogP contribution >= 0.6 is 12.2 Å². The SMILES string of the molecule is CC(Cc1nc(=S)[nH][nH]1)c1ccc2c(c1)CCCC2. The van der Waals surface area contributed by atoms with Crippen molar-refractivity contribution in [2.75, 3.05) is 0 Å². The van der Waals surface area contributed by atoms with E-state index < -0.39 is 0 Å². The zero-order chi connectivity index (χ0) is 13.2. The van der Waals surface area contributed by atoms with Gasteiger partial charge in [-0.05, 0) is 60.5 Å². The lowest BCUT2D eigenvalue weighted by Gasteiger charge is -2.18. The Bertz CT molecular complexity index is 626. The highest BCUT2D eigenvalue weighted by Crippen LogP contribution is 2.26. The minimum absolute atomic E-state index is 0.459. The van der Waals surface area contributed by atoms with Gasteiger partial charge in [0.15, 0.2) is 0 Å². The van der Waals surface area contributed by atoms with Crippen LogP contribution in [0.1, 0.15) is 48.2 Å². The predicted octanol–water partition coefficient (Wildman–Crippen LogP) is 3.69. The minimum atomic E-state index is 0.459. The number of aromatic amines is 2. The maximum Gasteiger partial charge on any atom is 0.213 e. The number of aromatic nitrogens is 3. The Balaban J connectivity index is 1.79. The number of nitrogens with one attached hydrogen (secondary N) is 2. The lowest BCUT2D eigenvalue weighted by molar-refractivity contribution is 0.676. The molecule has 3 nitrogen and oxygen atoms in total. The zero-order valence-electron chi connectivity index (χ0n) is 11.2. The highest BCUT2D eigenvalue weighted by Gasteiger charge is 2.13. The van der Waals surface area contributed by atoms with Gasteiger partial charge in [-0.3, -0.25) is 10.2 Å². The standard InChI is InChI=1S/C15H19N3S/c1-10(8-14-16-15(19)18-17-14)12-7-6-11-4-2-3-5-13(11)9-12/h6-7,9-10H,2-5,8H2,1H3,(H2,16,17,18,19). The molecular weight excluding hydrogens is 254 g/mol. The molecular formula is C15H19N3S. The second-order valence-corrected chi connectivity index (χ2v) is 5.84. The van der Waals surface area contributed by atoms with Crippen molar-refractivity contribution >= 4 is 12.2 Å². The van der Waals surface area contributed by atoms with E-state index in [-0.39, 0.29) is 0 Å². The molecule has 1 aliphatic carbocycles. The lowest BCUT2D eigenvalue weighted by Crippen LogP contribution is -2.06. The lowest BCUT2D eigenvalue weighted by atomic mass is 9.87. The van der Waals surface area contributed by atoms with Crippen LogP contribution < -0.4 is 0 Å². The highest BCUT2D eigenvalue weighted by atomic mass is 32.1. The Kier molecular flexibility index (Phi) is 3.51. The molecule has 0 radical (unpaired) electrons. The molecule has 4 heteroatoms. The molecule has 3 rings (SSSR count). The first-order valence-corrected chi connectivity index (χ1v) is 7.38. The van der Waals surface area contributed by atoms with Gasteiger partial charge in [0.25, 0.3) is 0 Å². The molecule has 19 heavy (non-hydrogen) atoms. The van der Waals surface area contributed by atoms with Crippen LogP contribution in [0.3, 0.4) is 0 Å². The summed E-state index contributed by atoms with van der Waals surface area (Å²) in [6.07, 6.45) is 6.05. The monoisotopic (exact) mass is 273 g/mol. The molecule has 0 aliphatic heterocycles. The van der Waals surface area contributed by atoms with Crippen LogP contribution in [0.25, 0.3) is 0 Å². The molecule has 0 bridgehead atoms. The molecule has 1 atom stereocenters. The van der Waals surface area contributed by atoms with Crippen molar-refractivity contribution in [2.45, 2.75) is 44.9 Å². The number of benzene rings is 1. The second-order valence-electron chi connectivity index (χ2n) is 5.45. The molecule has 1 aliphatic rings. The number of hydrogen-bond donors (Lipinski definition) is 2. The summed E-state index contributed by atoms with van der Waals surface area (Å²) in [5, 5.41) is 5.88. The summed E-state index contributed by atoms with van der Waals surface area (Å²) in [6.45, 7) is 2.25. The van der Waals surface area contributed by atoms with Gasteiger partial charge < -0.3 is 0 Å². The number of H-pyrrole nitrogens is 2. The Labute approximate surface area is 118 Å². The van der Waals surface area contributed by atoms with Gasteiger partial charge in [0.2, 0.25) is 4.77 Å². The zero-order valence-corrected chi connectivity index (χ0v) is 12.0. The summed E-state index contributed by atoms with van der Waals surface area (Å²) in [4.78, 5) is 4.27. The van der Waals surface area contributed by atoms with E-state index in [1.54, 1.807) is 11.1 Å². The van der Waals surface area contributed by atoms with Crippen LogP contribution in [0.4, 0.5) is 0 Å². The van der Waals surface area contributed by atoms with Crippen LogP contribution in [0, 0.1) is 4.77 Å². The third-order valence-electron chi connectivity index (χ3n) is 3.99. The molecule has 100 valence electrons. The number of hydrogen-bond acceptors (Lipinski definition) is 2. The van der Waals surface area contributed by atoms with Crippen molar-refractivity contribution in [2.24, 2.45) is 0 Å². The predicted molar refractivity (Wildman–Crippen MR) is 79.0 cm³/mol. The van der Waals surface area contributed by atoms with E-state index in [1.807, 2.05) is 0 Å². The number of aryl methyl sites for hydroxylation is 2. The molecule has 0 saturated carbocycles. The maximum absolute atomic E-state index is 4.98. The highest BCUT2D eigenvalue weighted by molar-refractivity contribution is 7.71. The van der Waals surface area contributed by atoms with E-state index in [9.17, 15) is 0 Å². The number of rotatable bonds is 3. The first-order chi connectivity index (χ1) is 9.22. The van der Waals surface area contributed by atoms with Crippen molar-refractivity contribution in [3.05, 3.63) is 45.5 Å². The Morgan fingerprint density at radius 1 is 1.21 bits per heavy atom. The van der Waals surface area contributed by atoms with Crippen molar-refractivity contribution in [3.8, 4) is 0 Å². The van der Waals surface area contributed by atoms with Gasteiger partial charge >= 0.3 is 0 Å². The topological polar surface area (TPSA) is 44.5 Å². The van der Waals surface area contributed by atoms with Gasteiger partial charge in [0.05, 0.1) is 0 Å². The largest absolute Gasteiger partial charge is 0.286 e. The van der Waals surface area contributed by atoms with Crippen molar-refractivity contribution in [1.82, 2.24) is 15.2 Å². The van der Waals surface area contributed by atoms with E-state index >= 15 is 0 Å². The maximum atomic E-state index is 4.98. The fraction of sp³-hybridized carbons (Fsp3) is 0.467. The Morgan fingerprint density at radius 3 is 2.74 bits per heavy atom. The first-order valence-electron chi connectivity index (χ1n) is 6.97. The van der Waals surface area contributed by atoms with Crippen LogP contribution in [-0.4, -0.2) is 15.2 Å². The fourth-order valence-electron chi connectivity index (χ4n) is 2.87. The molecule has 0 saturated heterocycles. The Hall–Kier alpha value is -1.42. The van der Waals surface area contributed by atoms with Crippen LogP contribution in [-0.2, 0) is 19.3 Å². The van der Waals surface area contributed by atoms with E-state index in [1.165, 1.54) is 31.2 Å². The molecule has 0 spiro atoms.